The third-order valence-corrected chi connectivity index (χ3v) is 5.94. The van der Waals surface area contributed by atoms with E-state index in [4.69, 9.17) is 4.74 Å². The molecule has 3 heterocycles. The van der Waals surface area contributed by atoms with E-state index in [1.165, 1.54) is 18.4 Å². The molecule has 1 N–H and O–H groups in total. The molecule has 1 aliphatic rings. The minimum atomic E-state index is -0.409. The summed E-state index contributed by atoms with van der Waals surface area (Å²) in [5.41, 5.74) is 1.80. The standard InChI is InChI=1S/C19H26N4O3S/c1-11(2)22-8-6-13-15(10-22)27-18(16(13)19(25)26-5)20-17(24)14-7-9-23(21-14)12(3)4/h7,9,11-12H,6,8,10H2,1-5H3,(H,20,24). The summed E-state index contributed by atoms with van der Waals surface area (Å²) < 4.78 is 6.71. The van der Waals surface area contributed by atoms with Crippen LogP contribution in [0.4, 0.5) is 5.00 Å². The monoisotopic (exact) mass is 390 g/mol. The number of aromatic nitrogens is 2. The van der Waals surface area contributed by atoms with Crippen LogP contribution in [0, 0.1) is 0 Å². The summed E-state index contributed by atoms with van der Waals surface area (Å²) in [6, 6.07) is 2.29. The molecule has 0 saturated heterocycles. The molecular weight excluding hydrogens is 364 g/mol. The molecule has 0 bridgehead atoms. The van der Waals surface area contributed by atoms with E-state index in [1.807, 2.05) is 13.8 Å². The minimum Gasteiger partial charge on any atom is -0.465 e. The molecule has 0 aliphatic carbocycles. The molecule has 8 heteroatoms. The third kappa shape index (κ3) is 3.91. The molecule has 0 saturated carbocycles. The first kappa shape index (κ1) is 19.6. The van der Waals surface area contributed by atoms with E-state index in [0.717, 1.165) is 30.0 Å². The number of hydrogen-bond donors (Lipinski definition) is 1. The molecule has 1 aliphatic heterocycles. The van der Waals surface area contributed by atoms with Crippen molar-refractivity contribution >= 4 is 28.2 Å². The number of anilines is 1. The predicted molar refractivity (Wildman–Crippen MR) is 105 cm³/mol. The van der Waals surface area contributed by atoms with Gasteiger partial charge in [0, 0.05) is 36.2 Å². The molecule has 2 aromatic rings. The molecule has 146 valence electrons. The van der Waals surface area contributed by atoms with Gasteiger partial charge in [0.2, 0.25) is 0 Å². The molecule has 0 radical (unpaired) electrons. The number of ether oxygens (including phenoxy) is 1. The van der Waals surface area contributed by atoms with Gasteiger partial charge in [-0.05, 0) is 45.7 Å². The minimum absolute atomic E-state index is 0.174. The van der Waals surface area contributed by atoms with Gasteiger partial charge in [0.15, 0.2) is 5.69 Å². The van der Waals surface area contributed by atoms with E-state index in [1.54, 1.807) is 16.9 Å². The third-order valence-electron chi connectivity index (χ3n) is 4.80. The van der Waals surface area contributed by atoms with Crippen LogP contribution >= 0.6 is 11.3 Å². The van der Waals surface area contributed by atoms with Crippen LogP contribution in [0.1, 0.15) is 65.0 Å². The number of carbonyl (C=O) groups excluding carboxylic acids is 2. The van der Waals surface area contributed by atoms with Crippen molar-refractivity contribution in [1.29, 1.82) is 0 Å². The summed E-state index contributed by atoms with van der Waals surface area (Å²) in [5, 5.41) is 7.73. The van der Waals surface area contributed by atoms with E-state index >= 15 is 0 Å². The van der Waals surface area contributed by atoms with Gasteiger partial charge in [-0.15, -0.1) is 11.3 Å². The lowest BCUT2D eigenvalue weighted by molar-refractivity contribution is 0.0600. The first-order valence-corrected chi connectivity index (χ1v) is 9.96. The largest absolute Gasteiger partial charge is 0.465 e. The van der Waals surface area contributed by atoms with E-state index in [9.17, 15) is 9.59 Å². The van der Waals surface area contributed by atoms with E-state index < -0.39 is 5.97 Å². The molecule has 0 unspecified atom stereocenters. The Morgan fingerprint density at radius 2 is 2.00 bits per heavy atom. The molecule has 0 fully saturated rings. The van der Waals surface area contributed by atoms with Crippen molar-refractivity contribution in [3.63, 3.8) is 0 Å². The number of fused-ring (bicyclic) bond motifs is 1. The number of nitrogens with zero attached hydrogens (tertiary/aromatic N) is 3. The molecule has 2 aromatic heterocycles. The lowest BCUT2D eigenvalue weighted by Crippen LogP contribution is -2.35. The second kappa shape index (κ2) is 7.82. The summed E-state index contributed by atoms with van der Waals surface area (Å²) in [6.45, 7) is 9.98. The number of amides is 1. The fourth-order valence-electron chi connectivity index (χ4n) is 3.18. The normalized spacial score (nSPS) is 14.5. The van der Waals surface area contributed by atoms with Gasteiger partial charge in [-0.3, -0.25) is 14.4 Å². The number of thiophene rings is 1. The highest BCUT2D eigenvalue weighted by molar-refractivity contribution is 7.17. The topological polar surface area (TPSA) is 76.5 Å². The Morgan fingerprint density at radius 3 is 2.59 bits per heavy atom. The lowest BCUT2D eigenvalue weighted by Gasteiger charge is -2.30. The highest BCUT2D eigenvalue weighted by Crippen LogP contribution is 2.38. The molecular formula is C19H26N4O3S. The number of nitrogens with one attached hydrogen (secondary N) is 1. The Bertz CT molecular complexity index is 853. The second-order valence-corrected chi connectivity index (χ2v) is 8.35. The van der Waals surface area contributed by atoms with Crippen LogP contribution < -0.4 is 5.32 Å². The maximum Gasteiger partial charge on any atom is 0.341 e. The SMILES string of the molecule is COC(=O)c1c(NC(=O)c2ccn(C(C)C)n2)sc2c1CCN(C(C)C)C2. The van der Waals surface area contributed by atoms with E-state index in [-0.39, 0.29) is 11.9 Å². The molecule has 7 nitrogen and oxygen atoms in total. The van der Waals surface area contributed by atoms with Crippen molar-refractivity contribution in [3.05, 3.63) is 34.0 Å². The van der Waals surface area contributed by atoms with Gasteiger partial charge in [-0.2, -0.15) is 5.10 Å². The van der Waals surface area contributed by atoms with Gasteiger partial charge in [0.1, 0.15) is 5.00 Å². The van der Waals surface area contributed by atoms with E-state index in [0.29, 0.717) is 22.3 Å². The fourth-order valence-corrected chi connectivity index (χ4v) is 4.44. The van der Waals surface area contributed by atoms with Crippen LogP contribution in [0.15, 0.2) is 12.3 Å². The van der Waals surface area contributed by atoms with Crippen LogP contribution in [0.2, 0.25) is 0 Å². The summed E-state index contributed by atoms with van der Waals surface area (Å²) in [5.74, 6) is -0.729. The quantitative estimate of drug-likeness (QED) is 0.793. The van der Waals surface area contributed by atoms with Crippen LogP contribution in [-0.4, -0.2) is 46.3 Å². The van der Waals surface area contributed by atoms with E-state index in [2.05, 4.69) is 29.2 Å². The van der Waals surface area contributed by atoms with Crippen LogP contribution in [0.5, 0.6) is 0 Å². The lowest BCUT2D eigenvalue weighted by atomic mass is 10.0. The first-order chi connectivity index (χ1) is 12.8. The molecule has 3 rings (SSSR count). The smallest absolute Gasteiger partial charge is 0.341 e. The Morgan fingerprint density at radius 1 is 1.26 bits per heavy atom. The maximum atomic E-state index is 12.7. The molecule has 1 amide bonds. The van der Waals surface area contributed by atoms with Crippen molar-refractivity contribution in [2.24, 2.45) is 0 Å². The summed E-state index contributed by atoms with van der Waals surface area (Å²) in [4.78, 5) is 28.5. The number of rotatable bonds is 5. The Balaban J connectivity index is 1.90. The highest BCUT2D eigenvalue weighted by Gasteiger charge is 2.30. The zero-order valence-electron chi connectivity index (χ0n) is 16.4. The Kier molecular flexibility index (Phi) is 5.67. The fraction of sp³-hybridized carbons (Fsp3) is 0.526. The van der Waals surface area contributed by atoms with Crippen LogP contribution in [0.25, 0.3) is 0 Å². The van der Waals surface area contributed by atoms with Gasteiger partial charge >= 0.3 is 5.97 Å². The average molecular weight is 391 g/mol. The summed E-state index contributed by atoms with van der Waals surface area (Å²) >= 11 is 1.45. The Hall–Kier alpha value is -2.19. The van der Waals surface area contributed by atoms with Crippen LogP contribution in [0.3, 0.4) is 0 Å². The van der Waals surface area contributed by atoms with Gasteiger partial charge < -0.3 is 10.1 Å². The Labute approximate surface area is 163 Å². The molecule has 0 atom stereocenters. The molecule has 0 aromatic carbocycles. The first-order valence-electron chi connectivity index (χ1n) is 9.15. The summed E-state index contributed by atoms with van der Waals surface area (Å²) in [7, 11) is 1.37. The second-order valence-electron chi connectivity index (χ2n) is 7.24. The van der Waals surface area contributed by atoms with Crippen molar-refractivity contribution in [1.82, 2.24) is 14.7 Å². The average Bonchev–Trinajstić information content (AvgIpc) is 3.25. The molecule has 0 spiro atoms. The summed E-state index contributed by atoms with van der Waals surface area (Å²) in [6.07, 6.45) is 2.55. The van der Waals surface area contributed by atoms with Crippen molar-refractivity contribution < 1.29 is 14.3 Å². The van der Waals surface area contributed by atoms with Gasteiger partial charge in [0.05, 0.1) is 12.7 Å². The number of esters is 1. The zero-order chi connectivity index (χ0) is 19.7. The predicted octanol–water partition coefficient (Wildman–Crippen LogP) is 3.33. The van der Waals surface area contributed by atoms with Crippen LogP contribution in [-0.2, 0) is 17.7 Å². The highest BCUT2D eigenvalue weighted by atomic mass is 32.1. The van der Waals surface area contributed by atoms with Crippen molar-refractivity contribution in [2.75, 3.05) is 19.0 Å². The maximum absolute atomic E-state index is 12.7. The number of methoxy groups -OCH3 is 1. The van der Waals surface area contributed by atoms with Crippen molar-refractivity contribution in [2.45, 2.75) is 52.7 Å². The van der Waals surface area contributed by atoms with Crippen molar-refractivity contribution in [3.8, 4) is 0 Å². The van der Waals surface area contributed by atoms with Gasteiger partial charge in [0.25, 0.3) is 5.91 Å². The molecule has 27 heavy (non-hydrogen) atoms. The zero-order valence-corrected chi connectivity index (χ0v) is 17.2. The van der Waals surface area contributed by atoms with Gasteiger partial charge in [-0.25, -0.2) is 4.79 Å². The van der Waals surface area contributed by atoms with Gasteiger partial charge in [-0.1, -0.05) is 0 Å². The number of carbonyl (C=O) groups is 2. The number of hydrogen-bond acceptors (Lipinski definition) is 6.